The van der Waals surface area contributed by atoms with Crippen molar-refractivity contribution in [2.75, 3.05) is 0 Å². The van der Waals surface area contributed by atoms with Crippen LogP contribution in [0.1, 0.15) is 21.6 Å². The van der Waals surface area contributed by atoms with Crippen molar-refractivity contribution in [1.82, 2.24) is 9.71 Å². The molecule has 0 spiro atoms. The van der Waals surface area contributed by atoms with E-state index in [0.717, 1.165) is 22.5 Å². The fourth-order valence-electron chi connectivity index (χ4n) is 3.31. The lowest BCUT2D eigenvalue weighted by Crippen LogP contribution is -2.42. The summed E-state index contributed by atoms with van der Waals surface area (Å²) in [7, 11) is -4.42. The van der Waals surface area contributed by atoms with Crippen LogP contribution in [0.15, 0.2) is 65.0 Å². The zero-order valence-corrected chi connectivity index (χ0v) is 19.1. The van der Waals surface area contributed by atoms with Crippen molar-refractivity contribution < 1.29 is 22.7 Å². The number of carboxylic acids is 1. The van der Waals surface area contributed by atoms with Crippen LogP contribution in [0.2, 0.25) is 0 Å². The van der Waals surface area contributed by atoms with Crippen LogP contribution in [0.3, 0.4) is 0 Å². The van der Waals surface area contributed by atoms with Crippen LogP contribution in [-0.4, -0.2) is 30.5 Å². The first kappa shape index (κ1) is 22.7. The predicted molar refractivity (Wildman–Crippen MR) is 125 cm³/mol. The topological polar surface area (TPSA) is 99.3 Å². The summed E-state index contributed by atoms with van der Waals surface area (Å²) < 4.78 is 41.7. The van der Waals surface area contributed by atoms with Gasteiger partial charge in [-0.25, -0.2) is 12.8 Å². The first-order valence-electron chi connectivity index (χ1n) is 9.91. The van der Waals surface area contributed by atoms with E-state index in [4.69, 9.17) is 0 Å². The van der Waals surface area contributed by atoms with Crippen LogP contribution in [0, 0.1) is 24.6 Å². The number of aliphatic carboxylic acids is 1. The Balaban J connectivity index is 1.57. The molecule has 0 aliphatic carbocycles. The van der Waals surface area contributed by atoms with Gasteiger partial charge in [0.25, 0.3) is 10.0 Å². The van der Waals surface area contributed by atoms with Gasteiger partial charge in [0.05, 0.1) is 4.88 Å². The second-order valence-electron chi connectivity index (χ2n) is 7.44. The van der Waals surface area contributed by atoms with E-state index in [1.54, 1.807) is 12.3 Å². The molecule has 3 N–H and O–H groups in total. The number of hydrogen-bond donors (Lipinski definition) is 3. The molecule has 0 saturated heterocycles. The summed E-state index contributed by atoms with van der Waals surface area (Å²) in [6, 6.07) is 14.2. The van der Waals surface area contributed by atoms with Gasteiger partial charge in [-0.1, -0.05) is 47.7 Å². The third kappa shape index (κ3) is 5.14. The van der Waals surface area contributed by atoms with Gasteiger partial charge >= 0.3 is 5.97 Å². The molecule has 0 aliphatic rings. The van der Waals surface area contributed by atoms with Crippen molar-refractivity contribution >= 4 is 38.2 Å². The van der Waals surface area contributed by atoms with Crippen LogP contribution >= 0.6 is 11.3 Å². The van der Waals surface area contributed by atoms with Gasteiger partial charge in [-0.05, 0) is 30.7 Å². The number of thiophene rings is 1. The Bertz CT molecular complexity index is 1490. The number of nitrogens with one attached hydrogen (secondary N) is 2. The lowest BCUT2D eigenvalue weighted by molar-refractivity contribution is -0.138. The van der Waals surface area contributed by atoms with Gasteiger partial charge in [0.2, 0.25) is 0 Å². The average Bonchev–Trinajstić information content (AvgIpc) is 3.36. The number of carbonyl (C=O) groups is 1. The van der Waals surface area contributed by atoms with Crippen LogP contribution in [-0.2, 0) is 21.2 Å². The van der Waals surface area contributed by atoms with Crippen molar-refractivity contribution in [2.45, 2.75) is 23.6 Å². The quantitative estimate of drug-likeness (QED) is 0.361. The fourth-order valence-corrected chi connectivity index (χ4v) is 5.76. The second kappa shape index (κ2) is 9.19. The third-order valence-corrected chi connectivity index (χ3v) is 7.98. The van der Waals surface area contributed by atoms with Gasteiger partial charge in [-0.2, -0.15) is 4.72 Å². The molecule has 0 radical (unpaired) electrons. The Morgan fingerprint density at radius 3 is 2.64 bits per heavy atom. The minimum Gasteiger partial charge on any atom is -0.480 e. The van der Waals surface area contributed by atoms with Crippen molar-refractivity contribution in [3.8, 4) is 11.8 Å². The van der Waals surface area contributed by atoms with E-state index in [0.29, 0.717) is 22.5 Å². The summed E-state index contributed by atoms with van der Waals surface area (Å²) in [4.78, 5) is 15.0. The van der Waals surface area contributed by atoms with Gasteiger partial charge in [-0.3, -0.25) is 4.79 Å². The fraction of sp³-hybridized carbons (Fsp3) is 0.125. The van der Waals surface area contributed by atoms with E-state index in [-0.39, 0.29) is 11.3 Å². The summed E-state index contributed by atoms with van der Waals surface area (Å²) in [5.74, 6) is 3.29. The van der Waals surface area contributed by atoms with Crippen molar-refractivity contribution in [2.24, 2.45) is 0 Å². The van der Waals surface area contributed by atoms with E-state index in [2.05, 4.69) is 21.5 Å². The van der Waals surface area contributed by atoms with E-state index in [1.165, 1.54) is 0 Å². The zero-order chi connectivity index (χ0) is 23.6. The molecule has 33 heavy (non-hydrogen) atoms. The SMILES string of the molecule is Cc1ccc(C#Cc2cc(F)c(S(=O)(=O)NC(Cc3c[nH]c4ccccc34)C(=O)O)s2)cc1. The van der Waals surface area contributed by atoms with Crippen LogP contribution < -0.4 is 4.72 Å². The Hall–Kier alpha value is -3.45. The van der Waals surface area contributed by atoms with Crippen LogP contribution in [0.25, 0.3) is 10.9 Å². The Kier molecular flexibility index (Phi) is 6.33. The molecule has 1 atom stereocenters. The number of aromatic nitrogens is 1. The minimum atomic E-state index is -4.42. The molecule has 0 bridgehead atoms. The normalized spacial score (nSPS) is 12.3. The number of halogens is 1. The number of aromatic amines is 1. The first-order valence-corrected chi connectivity index (χ1v) is 12.2. The average molecular weight is 483 g/mol. The molecule has 2 aromatic carbocycles. The largest absolute Gasteiger partial charge is 0.480 e. The molecule has 0 amide bonds. The summed E-state index contributed by atoms with van der Waals surface area (Å²) >= 11 is 0.655. The molecule has 2 aromatic heterocycles. The molecular weight excluding hydrogens is 463 g/mol. The maximum absolute atomic E-state index is 14.5. The molecule has 4 aromatic rings. The third-order valence-electron chi connectivity index (χ3n) is 4.98. The molecular formula is C24H19FN2O4S2. The van der Waals surface area contributed by atoms with Crippen LogP contribution in [0.5, 0.6) is 0 Å². The highest BCUT2D eigenvalue weighted by atomic mass is 32.2. The highest BCUT2D eigenvalue weighted by Crippen LogP contribution is 2.26. The van der Waals surface area contributed by atoms with E-state index in [9.17, 15) is 22.7 Å². The van der Waals surface area contributed by atoms with Crippen molar-refractivity contribution in [1.29, 1.82) is 0 Å². The maximum atomic E-state index is 14.5. The lowest BCUT2D eigenvalue weighted by atomic mass is 10.1. The number of fused-ring (bicyclic) bond motifs is 1. The summed E-state index contributed by atoms with van der Waals surface area (Å²) in [6.07, 6.45) is 1.53. The number of para-hydroxylation sites is 1. The van der Waals surface area contributed by atoms with Crippen LogP contribution in [0.4, 0.5) is 4.39 Å². The molecule has 0 fully saturated rings. The summed E-state index contributed by atoms with van der Waals surface area (Å²) in [5.41, 5.74) is 3.22. The highest BCUT2D eigenvalue weighted by Gasteiger charge is 2.30. The monoisotopic (exact) mass is 482 g/mol. The van der Waals surface area contributed by atoms with E-state index in [1.807, 2.05) is 49.4 Å². The van der Waals surface area contributed by atoms with Gasteiger partial charge in [0.1, 0.15) is 6.04 Å². The van der Waals surface area contributed by atoms with Gasteiger partial charge in [0.15, 0.2) is 10.0 Å². The molecule has 0 saturated carbocycles. The number of benzene rings is 2. The Morgan fingerprint density at radius 2 is 1.91 bits per heavy atom. The zero-order valence-electron chi connectivity index (χ0n) is 17.4. The number of hydrogen-bond acceptors (Lipinski definition) is 4. The molecule has 0 aliphatic heterocycles. The lowest BCUT2D eigenvalue weighted by Gasteiger charge is -2.14. The number of H-pyrrole nitrogens is 1. The van der Waals surface area contributed by atoms with Gasteiger partial charge < -0.3 is 10.1 Å². The number of rotatable bonds is 6. The van der Waals surface area contributed by atoms with Gasteiger partial charge in [0, 0.05) is 35.2 Å². The molecule has 4 rings (SSSR count). The number of carboxylic acid groups (broad SMARTS) is 1. The Labute approximate surface area is 194 Å². The van der Waals surface area contributed by atoms with E-state index < -0.39 is 32.1 Å². The summed E-state index contributed by atoms with van der Waals surface area (Å²) in [5, 5.41) is 10.4. The van der Waals surface area contributed by atoms with Crippen molar-refractivity contribution in [3.63, 3.8) is 0 Å². The minimum absolute atomic E-state index is 0.105. The van der Waals surface area contributed by atoms with Crippen molar-refractivity contribution in [3.05, 3.63) is 88.2 Å². The maximum Gasteiger partial charge on any atom is 0.322 e. The van der Waals surface area contributed by atoms with Gasteiger partial charge in [-0.15, -0.1) is 11.3 Å². The molecule has 1 unspecified atom stereocenters. The molecule has 2 heterocycles. The highest BCUT2D eigenvalue weighted by molar-refractivity contribution is 7.91. The summed E-state index contributed by atoms with van der Waals surface area (Å²) in [6.45, 7) is 1.94. The smallest absolute Gasteiger partial charge is 0.322 e. The first-order chi connectivity index (χ1) is 15.7. The number of aryl methyl sites for hydroxylation is 1. The number of sulfonamides is 1. The predicted octanol–water partition coefficient (Wildman–Crippen LogP) is 4.05. The second-order valence-corrected chi connectivity index (χ2v) is 10.4. The molecule has 168 valence electrons. The Morgan fingerprint density at radius 1 is 1.18 bits per heavy atom. The molecule has 6 nitrogen and oxygen atoms in total. The van der Waals surface area contributed by atoms with E-state index >= 15 is 0 Å². The molecule has 9 heteroatoms. The standard InChI is InChI=1S/C24H19FN2O4S2/c1-15-6-8-16(9-7-15)10-11-18-13-20(25)24(32-18)33(30,31)27-22(23(28)29)12-17-14-26-21-5-3-2-4-19(17)21/h2-9,13-14,22,26-27H,12H2,1H3,(H,28,29).